The zero-order valence-electron chi connectivity index (χ0n) is 14.4. The van der Waals surface area contributed by atoms with E-state index in [-0.39, 0.29) is 23.9 Å². The topological polar surface area (TPSA) is 61.4 Å². The lowest BCUT2D eigenvalue weighted by molar-refractivity contribution is -0.123. The Morgan fingerprint density at radius 2 is 1.92 bits per heavy atom. The van der Waals surface area contributed by atoms with Crippen molar-refractivity contribution >= 4 is 23.2 Å². The monoisotopic (exact) mass is 359 g/mol. The third kappa shape index (κ3) is 3.57. The minimum atomic E-state index is -0.674. The molecule has 0 saturated carbocycles. The quantitative estimate of drug-likeness (QED) is 0.882. The van der Waals surface area contributed by atoms with E-state index in [1.54, 1.807) is 38.1 Å². The Labute approximate surface area is 150 Å². The summed E-state index contributed by atoms with van der Waals surface area (Å²) >= 11 is 0. The summed E-state index contributed by atoms with van der Waals surface area (Å²) in [5.74, 6) is -1.91. The molecular weight excluding hydrogens is 340 g/mol. The molecule has 0 bridgehead atoms. The molecule has 0 aliphatic carbocycles. The molecule has 136 valence electrons. The van der Waals surface area contributed by atoms with E-state index >= 15 is 0 Å². The first-order chi connectivity index (χ1) is 12.4. The number of nitrogens with zero attached hydrogens (tertiary/aromatic N) is 1. The highest BCUT2D eigenvalue weighted by Gasteiger charge is 2.30. The molecular formula is C19H19F2N3O2. The average Bonchev–Trinajstić information content (AvgIpc) is 2.60. The first-order valence-electron chi connectivity index (χ1n) is 8.28. The SMILES string of the molecule is C[C@H](N[C@@H](C)c1ccc(F)cc1F)C(=O)N1CC(=O)Nc2ccccc21. The molecule has 0 fully saturated rings. The van der Waals surface area contributed by atoms with Crippen LogP contribution in [-0.4, -0.2) is 24.4 Å². The Hall–Kier alpha value is -2.80. The lowest BCUT2D eigenvalue weighted by atomic mass is 10.1. The van der Waals surface area contributed by atoms with Crippen LogP contribution >= 0.6 is 0 Å². The fraction of sp³-hybridized carbons (Fsp3) is 0.263. The van der Waals surface area contributed by atoms with Crippen LogP contribution < -0.4 is 15.5 Å². The van der Waals surface area contributed by atoms with Gasteiger partial charge in [-0.2, -0.15) is 0 Å². The molecule has 1 aliphatic rings. The highest BCUT2D eigenvalue weighted by molar-refractivity contribution is 6.11. The normalized spacial score (nSPS) is 15.8. The van der Waals surface area contributed by atoms with Gasteiger partial charge >= 0.3 is 0 Å². The maximum atomic E-state index is 13.9. The number of nitrogens with one attached hydrogen (secondary N) is 2. The number of benzene rings is 2. The summed E-state index contributed by atoms with van der Waals surface area (Å²) in [4.78, 5) is 26.1. The van der Waals surface area contributed by atoms with Crippen molar-refractivity contribution in [1.82, 2.24) is 5.32 Å². The van der Waals surface area contributed by atoms with Crippen molar-refractivity contribution in [2.75, 3.05) is 16.8 Å². The van der Waals surface area contributed by atoms with E-state index in [0.717, 1.165) is 6.07 Å². The third-order valence-electron chi connectivity index (χ3n) is 4.34. The minimum Gasteiger partial charge on any atom is -0.323 e. The molecule has 5 nitrogen and oxygen atoms in total. The Morgan fingerprint density at radius 3 is 2.65 bits per heavy atom. The number of amides is 2. The smallest absolute Gasteiger partial charge is 0.244 e. The number of anilines is 2. The van der Waals surface area contributed by atoms with Gasteiger partial charge in [0.15, 0.2) is 0 Å². The molecule has 0 aromatic heterocycles. The molecule has 1 heterocycles. The average molecular weight is 359 g/mol. The largest absolute Gasteiger partial charge is 0.323 e. The second-order valence-corrected chi connectivity index (χ2v) is 6.27. The zero-order valence-corrected chi connectivity index (χ0v) is 14.4. The van der Waals surface area contributed by atoms with Gasteiger partial charge in [-0.3, -0.25) is 19.8 Å². The van der Waals surface area contributed by atoms with Crippen molar-refractivity contribution in [2.24, 2.45) is 0 Å². The zero-order chi connectivity index (χ0) is 18.8. The number of para-hydroxylation sites is 2. The van der Waals surface area contributed by atoms with Crippen LogP contribution in [-0.2, 0) is 9.59 Å². The molecule has 3 rings (SSSR count). The van der Waals surface area contributed by atoms with Gasteiger partial charge in [-0.25, -0.2) is 8.78 Å². The molecule has 2 aromatic carbocycles. The predicted molar refractivity (Wildman–Crippen MR) is 94.8 cm³/mol. The van der Waals surface area contributed by atoms with Crippen molar-refractivity contribution in [3.8, 4) is 0 Å². The molecule has 2 N–H and O–H groups in total. The second-order valence-electron chi connectivity index (χ2n) is 6.27. The summed E-state index contributed by atoms with van der Waals surface area (Å²) in [6, 6.07) is 9.18. The van der Waals surface area contributed by atoms with Gasteiger partial charge in [0.25, 0.3) is 0 Å². The van der Waals surface area contributed by atoms with E-state index in [2.05, 4.69) is 10.6 Å². The van der Waals surface area contributed by atoms with E-state index in [0.29, 0.717) is 11.4 Å². The van der Waals surface area contributed by atoms with Crippen molar-refractivity contribution in [3.05, 3.63) is 59.7 Å². The van der Waals surface area contributed by atoms with Gasteiger partial charge in [0.1, 0.15) is 18.2 Å². The van der Waals surface area contributed by atoms with Crippen molar-refractivity contribution in [1.29, 1.82) is 0 Å². The van der Waals surface area contributed by atoms with E-state index in [9.17, 15) is 18.4 Å². The van der Waals surface area contributed by atoms with Crippen LogP contribution in [0.25, 0.3) is 0 Å². The van der Waals surface area contributed by atoms with Crippen LogP contribution in [0.1, 0.15) is 25.5 Å². The van der Waals surface area contributed by atoms with E-state index in [1.807, 2.05) is 0 Å². The molecule has 2 atom stereocenters. The second kappa shape index (κ2) is 7.21. The molecule has 2 aromatic rings. The molecule has 0 unspecified atom stereocenters. The fourth-order valence-electron chi connectivity index (χ4n) is 3.05. The highest BCUT2D eigenvalue weighted by atomic mass is 19.1. The molecule has 1 aliphatic heterocycles. The summed E-state index contributed by atoms with van der Waals surface area (Å²) < 4.78 is 27.0. The van der Waals surface area contributed by atoms with Gasteiger partial charge in [-0.15, -0.1) is 0 Å². The minimum absolute atomic E-state index is 0.0822. The van der Waals surface area contributed by atoms with Crippen LogP contribution in [0.3, 0.4) is 0 Å². The van der Waals surface area contributed by atoms with Gasteiger partial charge < -0.3 is 5.32 Å². The molecule has 7 heteroatoms. The summed E-state index contributed by atoms with van der Waals surface area (Å²) in [6.45, 7) is 3.26. The summed E-state index contributed by atoms with van der Waals surface area (Å²) in [7, 11) is 0. The van der Waals surface area contributed by atoms with Crippen LogP contribution in [0.2, 0.25) is 0 Å². The van der Waals surface area contributed by atoms with E-state index in [4.69, 9.17) is 0 Å². The van der Waals surface area contributed by atoms with Gasteiger partial charge in [0, 0.05) is 17.7 Å². The Balaban J connectivity index is 1.77. The molecule has 0 saturated heterocycles. The predicted octanol–water partition coefficient (Wildman–Crippen LogP) is 2.99. The summed E-state index contributed by atoms with van der Waals surface area (Å²) in [5, 5.41) is 5.74. The van der Waals surface area contributed by atoms with Crippen LogP contribution in [0.15, 0.2) is 42.5 Å². The number of fused-ring (bicyclic) bond motifs is 1. The van der Waals surface area contributed by atoms with Crippen molar-refractivity contribution in [2.45, 2.75) is 25.9 Å². The lowest BCUT2D eigenvalue weighted by Crippen LogP contribution is -2.50. The Bertz CT molecular complexity index is 856. The van der Waals surface area contributed by atoms with Gasteiger partial charge in [0.2, 0.25) is 11.8 Å². The first kappa shape index (κ1) is 18.0. The van der Waals surface area contributed by atoms with Gasteiger partial charge in [0.05, 0.1) is 17.4 Å². The van der Waals surface area contributed by atoms with Gasteiger partial charge in [-0.05, 0) is 32.0 Å². The van der Waals surface area contributed by atoms with Crippen LogP contribution in [0, 0.1) is 11.6 Å². The summed E-state index contributed by atoms with van der Waals surface area (Å²) in [5.41, 5.74) is 1.45. The van der Waals surface area contributed by atoms with Crippen LogP contribution in [0.4, 0.5) is 20.2 Å². The molecule has 0 radical (unpaired) electrons. The van der Waals surface area contributed by atoms with Crippen molar-refractivity contribution in [3.63, 3.8) is 0 Å². The maximum Gasteiger partial charge on any atom is 0.244 e. The number of hydrogen-bond donors (Lipinski definition) is 2. The van der Waals surface area contributed by atoms with E-state index in [1.165, 1.54) is 17.0 Å². The number of halogens is 2. The Morgan fingerprint density at radius 1 is 1.19 bits per heavy atom. The molecule has 2 amide bonds. The standard InChI is InChI=1S/C19H19F2N3O2/c1-11(14-8-7-13(20)9-15(14)21)22-12(2)19(26)24-10-18(25)23-16-5-3-4-6-17(16)24/h3-9,11-12,22H,10H2,1-2H3,(H,23,25)/t11-,12-/m0/s1. The first-order valence-corrected chi connectivity index (χ1v) is 8.28. The summed E-state index contributed by atoms with van der Waals surface area (Å²) in [6.07, 6.45) is 0. The Kier molecular flexibility index (Phi) is 4.99. The highest BCUT2D eigenvalue weighted by Crippen LogP contribution is 2.29. The van der Waals surface area contributed by atoms with Gasteiger partial charge in [-0.1, -0.05) is 18.2 Å². The third-order valence-corrected chi connectivity index (χ3v) is 4.34. The van der Waals surface area contributed by atoms with Crippen molar-refractivity contribution < 1.29 is 18.4 Å². The fourth-order valence-corrected chi connectivity index (χ4v) is 3.05. The number of carbonyl (C=O) groups excluding carboxylic acids is 2. The lowest BCUT2D eigenvalue weighted by Gasteiger charge is -2.32. The molecule has 0 spiro atoms. The maximum absolute atomic E-state index is 13.9. The number of carbonyl (C=O) groups is 2. The van der Waals surface area contributed by atoms with Crippen LogP contribution in [0.5, 0.6) is 0 Å². The number of rotatable bonds is 4. The molecule has 26 heavy (non-hydrogen) atoms. The van der Waals surface area contributed by atoms with E-state index < -0.39 is 23.7 Å². The number of hydrogen-bond acceptors (Lipinski definition) is 3.